The Bertz CT molecular complexity index is 429. The van der Waals surface area contributed by atoms with Crippen LogP contribution in [0.5, 0.6) is 0 Å². The number of aromatic nitrogens is 1. The van der Waals surface area contributed by atoms with Gasteiger partial charge in [-0.25, -0.2) is 4.39 Å². The van der Waals surface area contributed by atoms with Gasteiger partial charge in [0.1, 0.15) is 5.82 Å². The molecule has 1 nitrogen and oxygen atoms in total. The lowest BCUT2D eigenvalue weighted by Crippen LogP contribution is -1.82. The molecule has 0 radical (unpaired) electrons. The number of aromatic amines is 1. The number of rotatable bonds is 0. The van der Waals surface area contributed by atoms with Gasteiger partial charge >= 0.3 is 0 Å². The zero-order valence-corrected chi connectivity index (χ0v) is 7.11. The molecule has 12 heavy (non-hydrogen) atoms. The SMILES string of the molecule is Cc1ccc2[nH]cc(F)c2c1C. The van der Waals surface area contributed by atoms with Crippen LogP contribution >= 0.6 is 0 Å². The summed E-state index contributed by atoms with van der Waals surface area (Å²) in [5, 5.41) is 0.718. The van der Waals surface area contributed by atoms with Gasteiger partial charge < -0.3 is 4.98 Å². The maximum absolute atomic E-state index is 13.2. The molecule has 62 valence electrons. The number of hydrogen-bond acceptors (Lipinski definition) is 0. The molecule has 1 aromatic heterocycles. The molecule has 0 saturated heterocycles. The molecule has 0 saturated carbocycles. The van der Waals surface area contributed by atoms with Crippen LogP contribution in [0.4, 0.5) is 4.39 Å². The minimum Gasteiger partial charge on any atom is -0.359 e. The van der Waals surface area contributed by atoms with Crippen LogP contribution in [0.2, 0.25) is 0 Å². The Hall–Kier alpha value is -1.31. The van der Waals surface area contributed by atoms with Crippen molar-refractivity contribution >= 4 is 10.9 Å². The van der Waals surface area contributed by atoms with E-state index in [9.17, 15) is 4.39 Å². The van der Waals surface area contributed by atoms with Crippen LogP contribution in [0.15, 0.2) is 18.3 Å². The van der Waals surface area contributed by atoms with Gasteiger partial charge in [0.25, 0.3) is 0 Å². The van der Waals surface area contributed by atoms with Gasteiger partial charge in [-0.05, 0) is 31.0 Å². The molecule has 0 aliphatic heterocycles. The third kappa shape index (κ3) is 0.843. The van der Waals surface area contributed by atoms with Crippen LogP contribution in [0.1, 0.15) is 11.1 Å². The summed E-state index contributed by atoms with van der Waals surface area (Å²) in [7, 11) is 0. The van der Waals surface area contributed by atoms with E-state index >= 15 is 0 Å². The zero-order chi connectivity index (χ0) is 8.72. The summed E-state index contributed by atoms with van der Waals surface area (Å²) in [6.07, 6.45) is 1.40. The molecule has 0 amide bonds. The van der Waals surface area contributed by atoms with Crippen LogP contribution in [-0.2, 0) is 0 Å². The maximum Gasteiger partial charge on any atom is 0.148 e. The van der Waals surface area contributed by atoms with E-state index in [0.29, 0.717) is 0 Å². The van der Waals surface area contributed by atoms with Crippen LogP contribution in [0.3, 0.4) is 0 Å². The first kappa shape index (κ1) is 7.35. The van der Waals surface area contributed by atoms with E-state index in [1.807, 2.05) is 26.0 Å². The van der Waals surface area contributed by atoms with Crippen LogP contribution in [0, 0.1) is 19.7 Å². The highest BCUT2D eigenvalue weighted by Gasteiger charge is 2.06. The largest absolute Gasteiger partial charge is 0.359 e. The Labute approximate surface area is 70.2 Å². The molecule has 1 heterocycles. The zero-order valence-electron chi connectivity index (χ0n) is 7.11. The summed E-state index contributed by atoms with van der Waals surface area (Å²) < 4.78 is 13.2. The summed E-state index contributed by atoms with van der Waals surface area (Å²) >= 11 is 0. The molecule has 0 fully saturated rings. The predicted octanol–water partition coefficient (Wildman–Crippen LogP) is 2.92. The third-order valence-electron chi connectivity index (χ3n) is 2.33. The van der Waals surface area contributed by atoms with E-state index in [0.717, 1.165) is 22.0 Å². The standard InChI is InChI=1S/C10H10FN/c1-6-3-4-9-10(7(6)2)8(11)5-12-9/h3-5,12H,1-2H3. The Balaban J connectivity index is 2.96. The quantitative estimate of drug-likeness (QED) is 0.614. The fourth-order valence-electron chi connectivity index (χ4n) is 1.46. The first-order valence-electron chi connectivity index (χ1n) is 3.93. The fourth-order valence-corrected chi connectivity index (χ4v) is 1.46. The van der Waals surface area contributed by atoms with Crippen molar-refractivity contribution in [1.29, 1.82) is 0 Å². The van der Waals surface area contributed by atoms with E-state index in [4.69, 9.17) is 0 Å². The van der Waals surface area contributed by atoms with Gasteiger partial charge in [0.05, 0.1) is 0 Å². The van der Waals surface area contributed by atoms with Gasteiger partial charge in [-0.3, -0.25) is 0 Å². The smallest absolute Gasteiger partial charge is 0.148 e. The fraction of sp³-hybridized carbons (Fsp3) is 0.200. The summed E-state index contributed by atoms with van der Waals surface area (Å²) in [6.45, 7) is 3.93. The first-order chi connectivity index (χ1) is 5.70. The van der Waals surface area contributed by atoms with Crippen molar-refractivity contribution in [3.8, 4) is 0 Å². The minimum absolute atomic E-state index is 0.161. The third-order valence-corrected chi connectivity index (χ3v) is 2.33. The van der Waals surface area contributed by atoms with Gasteiger partial charge in [0.2, 0.25) is 0 Å². The van der Waals surface area contributed by atoms with E-state index < -0.39 is 0 Å². The molecule has 2 aromatic rings. The minimum atomic E-state index is -0.161. The van der Waals surface area contributed by atoms with E-state index in [1.165, 1.54) is 6.20 Å². The van der Waals surface area contributed by atoms with Crippen molar-refractivity contribution in [2.24, 2.45) is 0 Å². The summed E-state index contributed by atoms with van der Waals surface area (Å²) in [5.74, 6) is -0.161. The molecular weight excluding hydrogens is 153 g/mol. The van der Waals surface area contributed by atoms with Crippen molar-refractivity contribution in [1.82, 2.24) is 4.98 Å². The second-order valence-corrected chi connectivity index (χ2v) is 3.07. The summed E-state index contributed by atoms with van der Waals surface area (Å²) in [4.78, 5) is 2.88. The van der Waals surface area contributed by atoms with Gasteiger partial charge in [0, 0.05) is 17.1 Å². The lowest BCUT2D eigenvalue weighted by molar-refractivity contribution is 0.639. The second-order valence-electron chi connectivity index (χ2n) is 3.07. The van der Waals surface area contributed by atoms with Crippen molar-refractivity contribution in [3.05, 3.63) is 35.3 Å². The van der Waals surface area contributed by atoms with Crippen LogP contribution in [0.25, 0.3) is 10.9 Å². The molecule has 2 heteroatoms. The summed E-state index contributed by atoms with van der Waals surface area (Å²) in [6, 6.07) is 3.90. The van der Waals surface area contributed by atoms with Crippen LogP contribution in [-0.4, -0.2) is 4.98 Å². The number of nitrogens with one attached hydrogen (secondary N) is 1. The van der Waals surface area contributed by atoms with Crippen molar-refractivity contribution in [2.75, 3.05) is 0 Å². The molecule has 0 unspecified atom stereocenters. The van der Waals surface area contributed by atoms with Gasteiger partial charge in [-0.2, -0.15) is 0 Å². The van der Waals surface area contributed by atoms with Crippen LogP contribution < -0.4 is 0 Å². The molecule has 0 aliphatic carbocycles. The van der Waals surface area contributed by atoms with Gasteiger partial charge in [-0.15, -0.1) is 0 Å². The number of halogens is 1. The Morgan fingerprint density at radius 2 is 2.00 bits per heavy atom. The molecule has 0 aliphatic rings. The Morgan fingerprint density at radius 1 is 1.25 bits per heavy atom. The average Bonchev–Trinajstić information content (AvgIpc) is 2.41. The highest BCUT2D eigenvalue weighted by Crippen LogP contribution is 2.23. The van der Waals surface area contributed by atoms with E-state index in [2.05, 4.69) is 4.98 Å². The average molecular weight is 163 g/mol. The van der Waals surface area contributed by atoms with Crippen molar-refractivity contribution < 1.29 is 4.39 Å². The number of hydrogen-bond donors (Lipinski definition) is 1. The highest BCUT2D eigenvalue weighted by molar-refractivity contribution is 5.84. The van der Waals surface area contributed by atoms with E-state index in [1.54, 1.807) is 0 Å². The molecule has 1 N–H and O–H groups in total. The lowest BCUT2D eigenvalue weighted by atomic mass is 10.1. The molecule has 0 spiro atoms. The normalized spacial score (nSPS) is 10.9. The molecule has 0 atom stereocenters. The Kier molecular flexibility index (Phi) is 1.43. The lowest BCUT2D eigenvalue weighted by Gasteiger charge is -2.00. The molecule has 1 aromatic carbocycles. The van der Waals surface area contributed by atoms with Crippen molar-refractivity contribution in [3.63, 3.8) is 0 Å². The number of aryl methyl sites for hydroxylation is 2. The first-order valence-corrected chi connectivity index (χ1v) is 3.93. The molecular formula is C10H10FN. The number of H-pyrrole nitrogens is 1. The Morgan fingerprint density at radius 3 is 2.75 bits per heavy atom. The monoisotopic (exact) mass is 163 g/mol. The van der Waals surface area contributed by atoms with Gasteiger partial charge in [-0.1, -0.05) is 6.07 Å². The van der Waals surface area contributed by atoms with E-state index in [-0.39, 0.29) is 5.82 Å². The van der Waals surface area contributed by atoms with Crippen molar-refractivity contribution in [2.45, 2.75) is 13.8 Å². The molecule has 0 bridgehead atoms. The second kappa shape index (κ2) is 2.34. The summed E-state index contributed by atoms with van der Waals surface area (Å²) in [5.41, 5.74) is 3.02. The van der Waals surface area contributed by atoms with Gasteiger partial charge in [0.15, 0.2) is 0 Å². The number of benzene rings is 1. The topological polar surface area (TPSA) is 15.8 Å². The maximum atomic E-state index is 13.2. The molecule has 2 rings (SSSR count). The number of fused-ring (bicyclic) bond motifs is 1. The highest BCUT2D eigenvalue weighted by atomic mass is 19.1. The predicted molar refractivity (Wildman–Crippen MR) is 47.7 cm³/mol.